The first-order chi connectivity index (χ1) is 8.27. The summed E-state index contributed by atoms with van der Waals surface area (Å²) in [6.07, 6.45) is 3.70. The Morgan fingerprint density at radius 2 is 2.00 bits per heavy atom. The molecule has 17 heavy (non-hydrogen) atoms. The molecule has 0 saturated heterocycles. The standard InChI is InChI=1S/C13H9BrN2O/c14-16-12-6-2-1-5-10(12)11(13(16)17)8-9-4-3-7-15-9/h1-8,15H. The SMILES string of the molecule is O=C1C(=Cc2ccc[nH]2)c2ccccc2N1Br. The van der Waals surface area contributed by atoms with Crippen molar-refractivity contribution >= 4 is 39.4 Å². The number of benzene rings is 1. The van der Waals surface area contributed by atoms with Crippen molar-refractivity contribution in [3.05, 3.63) is 53.9 Å². The van der Waals surface area contributed by atoms with E-state index in [1.807, 2.05) is 48.7 Å². The smallest absolute Gasteiger partial charge is 0.269 e. The Labute approximate surface area is 107 Å². The molecule has 0 spiro atoms. The van der Waals surface area contributed by atoms with Gasteiger partial charge in [0.2, 0.25) is 0 Å². The summed E-state index contributed by atoms with van der Waals surface area (Å²) in [5, 5.41) is 0. The molecule has 0 radical (unpaired) electrons. The minimum Gasteiger partial charge on any atom is -0.362 e. The number of halogens is 1. The minimum atomic E-state index is -0.0409. The maximum absolute atomic E-state index is 12.1. The first-order valence-electron chi connectivity index (χ1n) is 5.22. The van der Waals surface area contributed by atoms with Crippen LogP contribution in [0.15, 0.2) is 42.6 Å². The summed E-state index contributed by atoms with van der Waals surface area (Å²) in [5.74, 6) is -0.0409. The Bertz CT molecular complexity index is 602. The van der Waals surface area contributed by atoms with E-state index >= 15 is 0 Å². The van der Waals surface area contributed by atoms with Crippen molar-refractivity contribution in [3.8, 4) is 0 Å². The van der Waals surface area contributed by atoms with Crippen LogP contribution in [0.5, 0.6) is 0 Å². The number of nitrogens with one attached hydrogen (secondary N) is 1. The van der Waals surface area contributed by atoms with Crippen LogP contribution >= 0.6 is 16.1 Å². The molecule has 3 nitrogen and oxygen atoms in total. The zero-order valence-electron chi connectivity index (χ0n) is 8.85. The molecule has 2 heterocycles. The molecule has 1 aliphatic rings. The molecular formula is C13H9BrN2O. The van der Waals surface area contributed by atoms with Crippen LogP contribution in [0.4, 0.5) is 5.69 Å². The molecule has 1 amide bonds. The van der Waals surface area contributed by atoms with Gasteiger partial charge in [-0.3, -0.25) is 4.79 Å². The van der Waals surface area contributed by atoms with Crippen molar-refractivity contribution in [1.29, 1.82) is 0 Å². The molecular weight excluding hydrogens is 280 g/mol. The predicted octanol–water partition coefficient (Wildman–Crippen LogP) is 3.21. The van der Waals surface area contributed by atoms with Gasteiger partial charge in [-0.05, 0) is 24.3 Å². The first-order valence-corrected chi connectivity index (χ1v) is 5.93. The number of H-pyrrole nitrogens is 1. The fourth-order valence-electron chi connectivity index (χ4n) is 1.93. The van der Waals surface area contributed by atoms with Gasteiger partial charge in [0, 0.05) is 17.5 Å². The average molecular weight is 289 g/mol. The third kappa shape index (κ3) is 1.61. The lowest BCUT2D eigenvalue weighted by atomic mass is 10.1. The summed E-state index contributed by atoms with van der Waals surface area (Å²) in [6, 6.07) is 11.5. The van der Waals surface area contributed by atoms with Gasteiger partial charge in [-0.2, -0.15) is 0 Å². The van der Waals surface area contributed by atoms with Crippen molar-refractivity contribution < 1.29 is 4.79 Å². The van der Waals surface area contributed by atoms with Crippen molar-refractivity contribution in [1.82, 2.24) is 4.98 Å². The Morgan fingerprint density at radius 1 is 1.18 bits per heavy atom. The van der Waals surface area contributed by atoms with Gasteiger partial charge in [-0.15, -0.1) is 0 Å². The molecule has 1 N–H and O–H groups in total. The number of aromatic amines is 1. The monoisotopic (exact) mass is 288 g/mol. The van der Waals surface area contributed by atoms with E-state index in [2.05, 4.69) is 21.1 Å². The number of hydrogen-bond donors (Lipinski definition) is 1. The topological polar surface area (TPSA) is 36.1 Å². The molecule has 0 bridgehead atoms. The highest BCUT2D eigenvalue weighted by Crippen LogP contribution is 2.39. The Kier molecular flexibility index (Phi) is 2.37. The summed E-state index contributed by atoms with van der Waals surface area (Å²) in [5.41, 5.74) is 3.45. The summed E-state index contributed by atoms with van der Waals surface area (Å²) in [7, 11) is 0. The van der Waals surface area contributed by atoms with E-state index in [-0.39, 0.29) is 5.91 Å². The number of anilines is 1. The third-order valence-electron chi connectivity index (χ3n) is 2.74. The largest absolute Gasteiger partial charge is 0.362 e. The van der Waals surface area contributed by atoms with Gasteiger partial charge in [0.15, 0.2) is 0 Å². The molecule has 1 aliphatic heterocycles. The third-order valence-corrected chi connectivity index (χ3v) is 3.44. The number of carbonyl (C=O) groups is 1. The number of hydrogen-bond acceptors (Lipinski definition) is 1. The van der Waals surface area contributed by atoms with E-state index in [4.69, 9.17) is 0 Å². The van der Waals surface area contributed by atoms with Crippen LogP contribution in [-0.2, 0) is 4.79 Å². The van der Waals surface area contributed by atoms with Crippen LogP contribution in [-0.4, -0.2) is 10.9 Å². The van der Waals surface area contributed by atoms with Crippen LogP contribution in [0.25, 0.3) is 11.6 Å². The molecule has 84 valence electrons. The molecule has 2 aromatic rings. The van der Waals surface area contributed by atoms with Gasteiger partial charge in [-0.25, -0.2) is 3.93 Å². The van der Waals surface area contributed by atoms with Crippen LogP contribution in [0.1, 0.15) is 11.3 Å². The van der Waals surface area contributed by atoms with Crippen molar-refractivity contribution in [2.24, 2.45) is 0 Å². The molecule has 4 heteroatoms. The number of carbonyl (C=O) groups excluding carboxylic acids is 1. The van der Waals surface area contributed by atoms with E-state index in [0.29, 0.717) is 5.57 Å². The molecule has 0 unspecified atom stereocenters. The Balaban J connectivity index is 2.16. The van der Waals surface area contributed by atoms with Gasteiger partial charge in [0.05, 0.1) is 27.4 Å². The lowest BCUT2D eigenvalue weighted by Gasteiger charge is -2.04. The maximum Gasteiger partial charge on any atom is 0.269 e. The Hall–Kier alpha value is -1.81. The van der Waals surface area contributed by atoms with Crippen molar-refractivity contribution in [2.75, 3.05) is 3.93 Å². The quantitative estimate of drug-likeness (QED) is 0.635. The highest BCUT2D eigenvalue weighted by Gasteiger charge is 2.30. The fraction of sp³-hybridized carbons (Fsp3) is 0. The molecule has 1 aromatic carbocycles. The molecule has 0 atom stereocenters. The number of para-hydroxylation sites is 1. The normalized spacial score (nSPS) is 16.6. The second kappa shape index (κ2) is 3.89. The molecule has 0 aliphatic carbocycles. The lowest BCUT2D eigenvalue weighted by molar-refractivity contribution is -0.111. The average Bonchev–Trinajstić information content (AvgIpc) is 2.94. The first kappa shape index (κ1) is 10.4. The van der Waals surface area contributed by atoms with Gasteiger partial charge in [-0.1, -0.05) is 18.2 Å². The van der Waals surface area contributed by atoms with Crippen molar-refractivity contribution in [3.63, 3.8) is 0 Å². The van der Waals surface area contributed by atoms with Gasteiger partial charge < -0.3 is 4.98 Å². The summed E-state index contributed by atoms with van der Waals surface area (Å²) < 4.78 is 1.50. The molecule has 0 fully saturated rings. The van der Waals surface area contributed by atoms with E-state index in [9.17, 15) is 4.79 Å². The van der Waals surface area contributed by atoms with E-state index in [0.717, 1.165) is 16.9 Å². The van der Waals surface area contributed by atoms with E-state index in [1.54, 1.807) is 0 Å². The highest BCUT2D eigenvalue weighted by molar-refractivity contribution is 9.10. The van der Waals surface area contributed by atoms with Crippen LogP contribution in [0.2, 0.25) is 0 Å². The second-order valence-corrected chi connectivity index (χ2v) is 4.50. The fourth-order valence-corrected chi connectivity index (χ4v) is 2.43. The van der Waals surface area contributed by atoms with Crippen LogP contribution < -0.4 is 3.93 Å². The lowest BCUT2D eigenvalue weighted by Crippen LogP contribution is -2.12. The van der Waals surface area contributed by atoms with Gasteiger partial charge >= 0.3 is 0 Å². The molecule has 1 aromatic heterocycles. The minimum absolute atomic E-state index is 0.0409. The highest BCUT2D eigenvalue weighted by atomic mass is 79.9. The van der Waals surface area contributed by atoms with Crippen molar-refractivity contribution in [2.45, 2.75) is 0 Å². The number of fused-ring (bicyclic) bond motifs is 1. The number of rotatable bonds is 1. The molecule has 3 rings (SSSR count). The second-order valence-electron chi connectivity index (χ2n) is 3.79. The summed E-state index contributed by atoms with van der Waals surface area (Å²) in [4.78, 5) is 15.2. The number of aromatic nitrogens is 1. The molecule has 0 saturated carbocycles. The van der Waals surface area contributed by atoms with E-state index in [1.165, 1.54) is 3.93 Å². The van der Waals surface area contributed by atoms with Gasteiger partial charge in [0.25, 0.3) is 5.91 Å². The number of nitrogens with zero attached hydrogens (tertiary/aromatic N) is 1. The summed E-state index contributed by atoms with van der Waals surface area (Å²) >= 11 is 3.28. The zero-order chi connectivity index (χ0) is 11.8. The van der Waals surface area contributed by atoms with Crippen LogP contribution in [0.3, 0.4) is 0 Å². The van der Waals surface area contributed by atoms with E-state index < -0.39 is 0 Å². The Morgan fingerprint density at radius 3 is 2.76 bits per heavy atom. The predicted molar refractivity (Wildman–Crippen MR) is 71.5 cm³/mol. The number of amides is 1. The maximum atomic E-state index is 12.1. The van der Waals surface area contributed by atoms with Crippen LogP contribution in [0, 0.1) is 0 Å². The zero-order valence-corrected chi connectivity index (χ0v) is 10.4. The van der Waals surface area contributed by atoms with Gasteiger partial charge in [0.1, 0.15) is 0 Å². The summed E-state index contributed by atoms with van der Waals surface area (Å²) in [6.45, 7) is 0.